The van der Waals surface area contributed by atoms with Crippen LogP contribution in [0.5, 0.6) is 0 Å². The first-order valence-electron chi connectivity index (χ1n) is 11.5. The molecule has 0 spiro atoms. The Kier molecular flexibility index (Phi) is 8.43. The molecule has 35 heavy (non-hydrogen) atoms. The quantitative estimate of drug-likeness (QED) is 0.241. The second-order valence-corrected chi connectivity index (χ2v) is 10.4. The van der Waals surface area contributed by atoms with Gasteiger partial charge in [0.2, 0.25) is 0 Å². The number of anilines is 1. The average Bonchev–Trinajstić information content (AvgIpc) is 2.78. The Morgan fingerprint density at radius 2 is 1.71 bits per heavy atom. The lowest BCUT2D eigenvalue weighted by Crippen LogP contribution is -2.47. The van der Waals surface area contributed by atoms with Gasteiger partial charge in [0, 0.05) is 62.2 Å². The molecule has 2 aromatic rings. The molecule has 3 heterocycles. The summed E-state index contributed by atoms with van der Waals surface area (Å²) in [6, 6.07) is 1.04. The highest BCUT2D eigenvalue weighted by molar-refractivity contribution is 8.03. The Labute approximate surface area is 207 Å². The number of thiocyanates is 1. The maximum atomic E-state index is 13.4. The van der Waals surface area contributed by atoms with Crippen LogP contribution in [0.1, 0.15) is 50.7 Å². The largest absolute Gasteiger partial charge is 0.433 e. The van der Waals surface area contributed by atoms with E-state index in [1.54, 1.807) is 31.5 Å². The fraction of sp³-hybridized carbons (Fsp3) is 0.609. The zero-order valence-electron chi connectivity index (χ0n) is 20.4. The number of nitriles is 1. The van der Waals surface area contributed by atoms with Gasteiger partial charge in [0.15, 0.2) is 0 Å². The summed E-state index contributed by atoms with van der Waals surface area (Å²) in [5.74, 6) is 0.501. The molecular formula is C23H30F3N7OS. The van der Waals surface area contributed by atoms with Gasteiger partial charge in [-0.25, -0.2) is 14.8 Å². The molecule has 1 fully saturated rings. The minimum atomic E-state index is -4.52. The molecular weight excluding hydrogens is 479 g/mol. The van der Waals surface area contributed by atoms with E-state index in [0.29, 0.717) is 30.5 Å². The molecule has 0 N–H and O–H groups in total. The molecule has 1 saturated heterocycles. The highest BCUT2D eigenvalue weighted by atomic mass is 32.2. The molecule has 0 aliphatic carbocycles. The first-order chi connectivity index (χ1) is 16.4. The number of aryl methyl sites for hydroxylation is 2. The van der Waals surface area contributed by atoms with Gasteiger partial charge in [0.25, 0.3) is 0 Å². The van der Waals surface area contributed by atoms with Gasteiger partial charge >= 0.3 is 11.9 Å². The minimum Gasteiger partial charge on any atom is -0.354 e. The summed E-state index contributed by atoms with van der Waals surface area (Å²) in [4.78, 5) is 28.5. The van der Waals surface area contributed by atoms with Crippen LogP contribution in [0.4, 0.5) is 19.0 Å². The number of hydrogen-bond donors (Lipinski definition) is 0. The maximum absolute atomic E-state index is 13.4. The lowest BCUT2D eigenvalue weighted by atomic mass is 9.95. The molecule has 0 amide bonds. The fourth-order valence-electron chi connectivity index (χ4n) is 3.79. The van der Waals surface area contributed by atoms with Crippen molar-refractivity contribution in [2.75, 3.05) is 37.6 Å². The summed E-state index contributed by atoms with van der Waals surface area (Å²) in [5.41, 5.74) is -1.07. The van der Waals surface area contributed by atoms with Crippen LogP contribution in [0.2, 0.25) is 0 Å². The van der Waals surface area contributed by atoms with Crippen molar-refractivity contribution in [1.82, 2.24) is 24.4 Å². The van der Waals surface area contributed by atoms with Crippen molar-refractivity contribution in [3.63, 3.8) is 0 Å². The number of rotatable bonds is 7. The Balaban J connectivity index is 1.53. The molecule has 8 nitrogen and oxygen atoms in total. The summed E-state index contributed by atoms with van der Waals surface area (Å²) in [6.45, 7) is 11.2. The molecule has 3 rings (SSSR count). The first kappa shape index (κ1) is 26.9. The predicted molar refractivity (Wildman–Crippen MR) is 128 cm³/mol. The van der Waals surface area contributed by atoms with Crippen LogP contribution in [0.3, 0.4) is 0 Å². The van der Waals surface area contributed by atoms with E-state index in [4.69, 9.17) is 5.26 Å². The second kappa shape index (κ2) is 11.0. The molecule has 2 aromatic heterocycles. The Morgan fingerprint density at radius 3 is 2.31 bits per heavy atom. The van der Waals surface area contributed by atoms with Crippen LogP contribution in [-0.2, 0) is 18.1 Å². The Bertz CT molecular complexity index is 1100. The van der Waals surface area contributed by atoms with E-state index in [1.165, 1.54) is 0 Å². The first-order valence-corrected chi connectivity index (χ1v) is 12.3. The molecule has 0 saturated carbocycles. The van der Waals surface area contributed by atoms with E-state index in [1.807, 2.05) is 17.2 Å². The monoisotopic (exact) mass is 509 g/mol. The van der Waals surface area contributed by atoms with Gasteiger partial charge in [-0.3, -0.25) is 9.47 Å². The van der Waals surface area contributed by atoms with Gasteiger partial charge < -0.3 is 4.90 Å². The van der Waals surface area contributed by atoms with Crippen molar-refractivity contribution < 1.29 is 13.2 Å². The Morgan fingerprint density at radius 1 is 1.06 bits per heavy atom. The third-order valence-electron chi connectivity index (χ3n) is 5.77. The van der Waals surface area contributed by atoms with Crippen LogP contribution in [0.25, 0.3) is 0 Å². The van der Waals surface area contributed by atoms with Crippen LogP contribution in [0.15, 0.2) is 22.1 Å². The zero-order chi connectivity index (χ0) is 25.8. The van der Waals surface area contributed by atoms with E-state index in [9.17, 15) is 18.0 Å². The van der Waals surface area contributed by atoms with Crippen molar-refractivity contribution in [1.29, 1.82) is 5.26 Å². The fourth-order valence-corrected chi connectivity index (χ4v) is 4.21. The number of alkyl halides is 3. The molecule has 0 atom stereocenters. The lowest BCUT2D eigenvalue weighted by Gasteiger charge is -2.36. The number of nitrogens with zero attached hydrogens (tertiary/aromatic N) is 7. The molecule has 0 radical (unpaired) electrons. The number of unbranched alkanes of at least 4 members (excludes halogenated alkanes) is 1. The zero-order valence-corrected chi connectivity index (χ0v) is 21.2. The lowest BCUT2D eigenvalue weighted by molar-refractivity contribution is -0.141. The normalized spacial score (nSPS) is 15.3. The molecule has 12 heteroatoms. The average molecular weight is 510 g/mol. The smallest absolute Gasteiger partial charge is 0.354 e. The van der Waals surface area contributed by atoms with Crippen molar-refractivity contribution in [3.8, 4) is 5.40 Å². The molecule has 0 aromatic carbocycles. The van der Waals surface area contributed by atoms with Gasteiger partial charge in [-0.2, -0.15) is 23.4 Å². The minimum absolute atomic E-state index is 0.184. The van der Waals surface area contributed by atoms with E-state index < -0.39 is 17.3 Å². The van der Waals surface area contributed by atoms with Crippen molar-refractivity contribution in [2.45, 2.75) is 63.7 Å². The van der Waals surface area contributed by atoms with Crippen molar-refractivity contribution >= 4 is 17.6 Å². The van der Waals surface area contributed by atoms with Crippen LogP contribution in [0, 0.1) is 17.6 Å². The summed E-state index contributed by atoms with van der Waals surface area (Å²) in [5, 5.41) is 11.1. The van der Waals surface area contributed by atoms with Crippen molar-refractivity contribution in [2.24, 2.45) is 0 Å². The second-order valence-electron chi connectivity index (χ2n) is 9.62. The molecule has 1 aliphatic heterocycles. The van der Waals surface area contributed by atoms with Crippen molar-refractivity contribution in [3.05, 3.63) is 39.8 Å². The SMILES string of the molecule is Cc1cn(CCCCN2CCN(c3cc(C(F)(F)F)nc(C(C)(C)C)n3)CC2)c(=O)nc1SC#N. The maximum Gasteiger partial charge on any atom is 0.433 e. The number of thioether (sulfide) groups is 1. The number of piperazine rings is 1. The standard InChI is InChI=1S/C23H30F3N7OS/c1-16-14-33(21(34)30-19(16)35-15-27)8-6-5-7-31-9-11-32(12-10-31)18-13-17(23(24,25)26)28-20(29-18)22(2,3)4/h13-14H,5-12H2,1-4H3. The molecule has 0 unspecified atom stereocenters. The highest BCUT2D eigenvalue weighted by Gasteiger charge is 2.36. The van der Waals surface area contributed by atoms with Crippen LogP contribution in [-0.4, -0.2) is 57.1 Å². The Hall–Kier alpha value is -2.65. The number of aromatic nitrogens is 4. The summed E-state index contributed by atoms with van der Waals surface area (Å²) in [7, 11) is 0. The summed E-state index contributed by atoms with van der Waals surface area (Å²) >= 11 is 0.881. The van der Waals surface area contributed by atoms with Crippen LogP contribution >= 0.6 is 11.8 Å². The third-order valence-corrected chi connectivity index (χ3v) is 6.46. The molecule has 190 valence electrons. The van der Waals surface area contributed by atoms with Crippen LogP contribution < -0.4 is 10.6 Å². The molecule has 0 bridgehead atoms. The van der Waals surface area contributed by atoms with Gasteiger partial charge in [-0.1, -0.05) is 20.8 Å². The summed E-state index contributed by atoms with van der Waals surface area (Å²) < 4.78 is 41.8. The van der Waals surface area contributed by atoms with Gasteiger partial charge in [-0.15, -0.1) is 0 Å². The van der Waals surface area contributed by atoms with Gasteiger partial charge in [-0.05, 0) is 31.9 Å². The highest BCUT2D eigenvalue weighted by Crippen LogP contribution is 2.32. The van der Waals surface area contributed by atoms with E-state index in [0.717, 1.165) is 55.9 Å². The molecule has 1 aliphatic rings. The van der Waals surface area contributed by atoms with Gasteiger partial charge in [0.05, 0.1) is 0 Å². The number of hydrogen-bond acceptors (Lipinski definition) is 8. The predicted octanol–water partition coefficient (Wildman–Crippen LogP) is 3.83. The third kappa shape index (κ3) is 7.18. The van der Waals surface area contributed by atoms with E-state index in [2.05, 4.69) is 19.9 Å². The summed E-state index contributed by atoms with van der Waals surface area (Å²) in [6.07, 6.45) is -1.12. The number of halogens is 3. The topological polar surface area (TPSA) is 90.9 Å². The van der Waals surface area contributed by atoms with E-state index in [-0.39, 0.29) is 11.5 Å². The van der Waals surface area contributed by atoms with E-state index >= 15 is 0 Å². The van der Waals surface area contributed by atoms with Gasteiger partial charge in [0.1, 0.15) is 27.8 Å².